The Kier molecular flexibility index (Phi) is 4.72. The Bertz CT molecular complexity index is 451. The third-order valence-corrected chi connectivity index (χ3v) is 2.57. The SMILES string of the molecule is CC[C@@H](NC(=O)c1ccc(Cl)nc1Cl)C(=O)O. The minimum atomic E-state index is -1.10. The van der Waals surface area contributed by atoms with E-state index >= 15 is 0 Å². The Labute approximate surface area is 108 Å². The van der Waals surface area contributed by atoms with E-state index in [4.69, 9.17) is 28.3 Å². The molecule has 2 N–H and O–H groups in total. The Hall–Kier alpha value is -1.33. The molecule has 1 atom stereocenters. The number of pyridine rings is 1. The van der Waals surface area contributed by atoms with Crippen molar-refractivity contribution in [2.24, 2.45) is 0 Å². The molecule has 1 heterocycles. The predicted molar refractivity (Wildman–Crippen MR) is 63.4 cm³/mol. The van der Waals surface area contributed by atoms with Crippen LogP contribution in [0.5, 0.6) is 0 Å². The highest BCUT2D eigenvalue weighted by Crippen LogP contribution is 2.16. The summed E-state index contributed by atoms with van der Waals surface area (Å²) in [5.74, 6) is -1.69. The molecule has 1 aromatic heterocycles. The second-order valence-electron chi connectivity index (χ2n) is 3.24. The number of carboxylic acids is 1. The van der Waals surface area contributed by atoms with Gasteiger partial charge in [-0.1, -0.05) is 30.1 Å². The predicted octanol–water partition coefficient (Wildman–Crippen LogP) is 1.98. The van der Waals surface area contributed by atoms with Gasteiger partial charge in [0, 0.05) is 0 Å². The van der Waals surface area contributed by atoms with Crippen LogP contribution in [0.25, 0.3) is 0 Å². The van der Waals surface area contributed by atoms with E-state index in [1.54, 1.807) is 6.92 Å². The minimum Gasteiger partial charge on any atom is -0.480 e. The molecule has 92 valence electrons. The topological polar surface area (TPSA) is 79.3 Å². The third kappa shape index (κ3) is 3.57. The van der Waals surface area contributed by atoms with Gasteiger partial charge in [0.25, 0.3) is 5.91 Å². The molecule has 1 amide bonds. The highest BCUT2D eigenvalue weighted by molar-refractivity contribution is 6.34. The first-order valence-electron chi connectivity index (χ1n) is 4.81. The Morgan fingerprint density at radius 2 is 2.12 bits per heavy atom. The van der Waals surface area contributed by atoms with Crippen LogP contribution in [0.1, 0.15) is 23.7 Å². The molecule has 0 unspecified atom stereocenters. The molecule has 0 spiro atoms. The van der Waals surface area contributed by atoms with Crippen molar-refractivity contribution < 1.29 is 14.7 Å². The van der Waals surface area contributed by atoms with Crippen molar-refractivity contribution in [2.45, 2.75) is 19.4 Å². The summed E-state index contributed by atoms with van der Waals surface area (Å²) in [6.45, 7) is 1.65. The molecule has 0 fully saturated rings. The van der Waals surface area contributed by atoms with Crippen molar-refractivity contribution in [3.05, 3.63) is 28.0 Å². The lowest BCUT2D eigenvalue weighted by molar-refractivity contribution is -0.139. The molecular weight excluding hydrogens is 267 g/mol. The quantitative estimate of drug-likeness (QED) is 0.825. The van der Waals surface area contributed by atoms with Gasteiger partial charge >= 0.3 is 5.97 Å². The Morgan fingerprint density at radius 3 is 2.59 bits per heavy atom. The zero-order valence-electron chi connectivity index (χ0n) is 8.91. The van der Waals surface area contributed by atoms with Gasteiger partial charge in [-0.3, -0.25) is 4.79 Å². The summed E-state index contributed by atoms with van der Waals surface area (Å²) >= 11 is 11.3. The van der Waals surface area contributed by atoms with Crippen molar-refractivity contribution in [3.8, 4) is 0 Å². The van der Waals surface area contributed by atoms with Gasteiger partial charge in [-0.05, 0) is 18.6 Å². The molecule has 0 radical (unpaired) electrons. The number of halogens is 2. The van der Waals surface area contributed by atoms with Crippen molar-refractivity contribution in [1.29, 1.82) is 0 Å². The summed E-state index contributed by atoms with van der Waals surface area (Å²) < 4.78 is 0. The van der Waals surface area contributed by atoms with Gasteiger partial charge in [0.2, 0.25) is 0 Å². The van der Waals surface area contributed by atoms with Crippen LogP contribution in [0.15, 0.2) is 12.1 Å². The second-order valence-corrected chi connectivity index (χ2v) is 3.99. The number of aliphatic carboxylic acids is 1. The van der Waals surface area contributed by atoms with Gasteiger partial charge in [-0.15, -0.1) is 0 Å². The van der Waals surface area contributed by atoms with E-state index in [9.17, 15) is 9.59 Å². The van der Waals surface area contributed by atoms with Gasteiger partial charge in [0.15, 0.2) is 0 Å². The second kappa shape index (κ2) is 5.84. The normalized spacial score (nSPS) is 11.9. The number of nitrogens with zero attached hydrogens (tertiary/aromatic N) is 1. The highest BCUT2D eigenvalue weighted by atomic mass is 35.5. The Morgan fingerprint density at radius 1 is 1.47 bits per heavy atom. The fourth-order valence-corrected chi connectivity index (χ4v) is 1.59. The number of aromatic nitrogens is 1. The number of carboxylic acid groups (broad SMARTS) is 1. The molecule has 0 saturated carbocycles. The Balaban J connectivity index is 2.86. The lowest BCUT2D eigenvalue weighted by atomic mass is 10.2. The van der Waals surface area contributed by atoms with Crippen LogP contribution >= 0.6 is 23.2 Å². The summed E-state index contributed by atoms with van der Waals surface area (Å²) in [6.07, 6.45) is 0.277. The fourth-order valence-electron chi connectivity index (χ4n) is 1.16. The van der Waals surface area contributed by atoms with Gasteiger partial charge in [0.05, 0.1) is 5.56 Å². The van der Waals surface area contributed by atoms with E-state index in [-0.39, 0.29) is 22.3 Å². The molecule has 0 aliphatic rings. The van der Waals surface area contributed by atoms with Crippen molar-refractivity contribution in [1.82, 2.24) is 10.3 Å². The molecule has 0 aliphatic heterocycles. The zero-order valence-corrected chi connectivity index (χ0v) is 10.4. The first-order valence-corrected chi connectivity index (χ1v) is 5.57. The van der Waals surface area contributed by atoms with Crippen LogP contribution in [0.4, 0.5) is 0 Å². The molecule has 5 nitrogen and oxygen atoms in total. The standard InChI is InChI=1S/C10H10Cl2N2O3/c1-2-6(10(16)17)13-9(15)5-3-4-7(11)14-8(5)12/h3-4,6H,2H2,1H3,(H,13,15)(H,16,17)/t6-/m1/s1. The van der Waals surface area contributed by atoms with Crippen molar-refractivity contribution in [2.75, 3.05) is 0 Å². The van der Waals surface area contributed by atoms with E-state index in [2.05, 4.69) is 10.3 Å². The monoisotopic (exact) mass is 276 g/mol. The van der Waals surface area contributed by atoms with Crippen LogP contribution in [-0.4, -0.2) is 28.0 Å². The van der Waals surface area contributed by atoms with Gasteiger partial charge < -0.3 is 10.4 Å². The molecule has 0 saturated heterocycles. The third-order valence-electron chi connectivity index (χ3n) is 2.07. The first-order chi connectivity index (χ1) is 7.95. The summed E-state index contributed by atoms with van der Waals surface area (Å²) in [7, 11) is 0. The van der Waals surface area contributed by atoms with E-state index < -0.39 is 17.9 Å². The first kappa shape index (κ1) is 13.7. The molecule has 0 aromatic carbocycles. The fraction of sp³-hybridized carbons (Fsp3) is 0.300. The summed E-state index contributed by atoms with van der Waals surface area (Å²) in [5, 5.41) is 11.2. The van der Waals surface area contributed by atoms with Gasteiger partial charge in [-0.25, -0.2) is 9.78 Å². The minimum absolute atomic E-state index is 0.0600. The maximum atomic E-state index is 11.7. The van der Waals surface area contributed by atoms with Crippen LogP contribution in [-0.2, 0) is 4.79 Å². The number of amides is 1. The van der Waals surface area contributed by atoms with E-state index in [1.807, 2.05) is 0 Å². The molecule has 0 aliphatic carbocycles. The smallest absolute Gasteiger partial charge is 0.326 e. The lowest BCUT2D eigenvalue weighted by Gasteiger charge is -2.12. The zero-order chi connectivity index (χ0) is 13.0. The maximum absolute atomic E-state index is 11.7. The van der Waals surface area contributed by atoms with Gasteiger partial charge in [-0.2, -0.15) is 0 Å². The number of nitrogens with one attached hydrogen (secondary N) is 1. The summed E-state index contributed by atoms with van der Waals surface area (Å²) in [4.78, 5) is 26.2. The highest BCUT2D eigenvalue weighted by Gasteiger charge is 2.20. The molecule has 1 aromatic rings. The average Bonchev–Trinajstić information content (AvgIpc) is 2.24. The number of carbonyl (C=O) groups excluding carboxylic acids is 1. The molecule has 1 rings (SSSR count). The summed E-state index contributed by atoms with van der Waals surface area (Å²) in [6, 6.07) is 1.85. The molecule has 7 heteroatoms. The van der Waals surface area contributed by atoms with E-state index in [1.165, 1.54) is 12.1 Å². The summed E-state index contributed by atoms with van der Waals surface area (Å²) in [5.41, 5.74) is 0.0933. The molecular formula is C10H10Cl2N2O3. The number of hydrogen-bond acceptors (Lipinski definition) is 3. The number of hydrogen-bond donors (Lipinski definition) is 2. The van der Waals surface area contributed by atoms with Crippen molar-refractivity contribution in [3.63, 3.8) is 0 Å². The van der Waals surface area contributed by atoms with E-state index in [0.717, 1.165) is 0 Å². The largest absolute Gasteiger partial charge is 0.480 e. The van der Waals surface area contributed by atoms with Crippen molar-refractivity contribution >= 4 is 35.1 Å². The van der Waals surface area contributed by atoms with Crippen LogP contribution in [0.2, 0.25) is 10.3 Å². The van der Waals surface area contributed by atoms with Crippen LogP contribution in [0.3, 0.4) is 0 Å². The molecule has 0 bridgehead atoms. The number of carbonyl (C=O) groups is 2. The number of rotatable bonds is 4. The molecule has 17 heavy (non-hydrogen) atoms. The maximum Gasteiger partial charge on any atom is 0.326 e. The van der Waals surface area contributed by atoms with Crippen LogP contribution < -0.4 is 5.32 Å². The van der Waals surface area contributed by atoms with Crippen LogP contribution in [0, 0.1) is 0 Å². The van der Waals surface area contributed by atoms with E-state index in [0.29, 0.717) is 0 Å². The average molecular weight is 277 g/mol. The lowest BCUT2D eigenvalue weighted by Crippen LogP contribution is -2.40. The van der Waals surface area contributed by atoms with Gasteiger partial charge in [0.1, 0.15) is 16.3 Å².